The molecule has 2 aromatic rings. The molecule has 0 bridgehead atoms. The Bertz CT molecular complexity index is 747. The maximum absolute atomic E-state index is 5.42. The Morgan fingerprint density at radius 1 is 0.815 bits per heavy atom. The molecule has 0 atom stereocenters. The fourth-order valence-electron chi connectivity index (χ4n) is 2.84. The van der Waals surface area contributed by atoms with Gasteiger partial charge in [-0.1, -0.05) is 18.2 Å². The van der Waals surface area contributed by atoms with Crippen molar-refractivity contribution in [2.24, 2.45) is 4.99 Å². The highest BCUT2D eigenvalue weighted by atomic mass is 16.5. The monoisotopic (exact) mass is 371 g/mol. The number of nitrogens with one attached hydrogen (secondary N) is 2. The molecule has 27 heavy (non-hydrogen) atoms. The van der Waals surface area contributed by atoms with E-state index in [9.17, 15) is 0 Å². The lowest BCUT2D eigenvalue weighted by atomic mass is 10.1. The third-order valence-electron chi connectivity index (χ3n) is 4.28. The Morgan fingerprint density at radius 3 is 2.07 bits per heavy atom. The zero-order chi connectivity index (χ0) is 19.5. The number of aliphatic imine (C=N–C) groups is 1. The first kappa shape index (κ1) is 20.4. The summed E-state index contributed by atoms with van der Waals surface area (Å²) >= 11 is 0. The van der Waals surface area contributed by atoms with Gasteiger partial charge in [0.2, 0.25) is 0 Å². The van der Waals surface area contributed by atoms with Crippen LogP contribution in [0.1, 0.15) is 11.1 Å². The van der Waals surface area contributed by atoms with Gasteiger partial charge < -0.3 is 24.8 Å². The van der Waals surface area contributed by atoms with Crippen LogP contribution in [-0.2, 0) is 12.8 Å². The van der Waals surface area contributed by atoms with Crippen molar-refractivity contribution < 1.29 is 14.2 Å². The highest BCUT2D eigenvalue weighted by Gasteiger charge is 2.06. The standard InChI is InChI=1S/C21H29N3O3/c1-22-21(23-13-11-16-7-5-6-8-19(16)26-3)24-14-12-17-15-18(25-2)9-10-20(17)27-4/h5-10,15H,11-14H2,1-4H3,(H2,22,23,24). The topological polar surface area (TPSA) is 64.1 Å². The lowest BCUT2D eigenvalue weighted by molar-refractivity contribution is 0.398. The average Bonchev–Trinajstić information content (AvgIpc) is 2.72. The molecule has 6 heteroatoms. The molecule has 2 N–H and O–H groups in total. The normalized spacial score (nSPS) is 11.0. The number of ether oxygens (including phenoxy) is 3. The number of guanidine groups is 1. The summed E-state index contributed by atoms with van der Waals surface area (Å²) in [4.78, 5) is 4.28. The quantitative estimate of drug-likeness (QED) is 0.524. The molecule has 0 aliphatic carbocycles. The molecule has 0 heterocycles. The van der Waals surface area contributed by atoms with Crippen molar-refractivity contribution in [1.29, 1.82) is 0 Å². The predicted octanol–water partition coefficient (Wildman–Crippen LogP) is 2.66. The molecule has 0 aliphatic heterocycles. The summed E-state index contributed by atoms with van der Waals surface area (Å²) in [5, 5.41) is 6.67. The lowest BCUT2D eigenvalue weighted by Crippen LogP contribution is -2.39. The van der Waals surface area contributed by atoms with Crippen LogP contribution in [0.2, 0.25) is 0 Å². The SMILES string of the molecule is CN=C(NCCc1ccccc1OC)NCCc1cc(OC)ccc1OC. The molecule has 146 valence electrons. The highest BCUT2D eigenvalue weighted by Crippen LogP contribution is 2.24. The summed E-state index contributed by atoms with van der Waals surface area (Å²) < 4.78 is 16.1. The van der Waals surface area contributed by atoms with Crippen molar-refractivity contribution in [2.75, 3.05) is 41.5 Å². The summed E-state index contributed by atoms with van der Waals surface area (Å²) in [6.07, 6.45) is 1.65. The molecule has 2 aromatic carbocycles. The van der Waals surface area contributed by atoms with E-state index in [2.05, 4.69) is 21.7 Å². The smallest absolute Gasteiger partial charge is 0.190 e. The summed E-state index contributed by atoms with van der Waals surface area (Å²) in [5.74, 6) is 3.36. The molecule has 0 amide bonds. The van der Waals surface area contributed by atoms with Crippen LogP contribution in [-0.4, -0.2) is 47.4 Å². The van der Waals surface area contributed by atoms with E-state index >= 15 is 0 Å². The Balaban J connectivity index is 1.82. The van der Waals surface area contributed by atoms with Gasteiger partial charge in [-0.3, -0.25) is 4.99 Å². The molecule has 0 saturated heterocycles. The number of benzene rings is 2. The number of nitrogens with zero attached hydrogens (tertiary/aromatic N) is 1. The minimum absolute atomic E-state index is 0.734. The first-order valence-electron chi connectivity index (χ1n) is 8.99. The van der Waals surface area contributed by atoms with Crippen LogP contribution in [0, 0.1) is 0 Å². The largest absolute Gasteiger partial charge is 0.497 e. The van der Waals surface area contributed by atoms with Crippen LogP contribution in [0.5, 0.6) is 17.2 Å². The van der Waals surface area contributed by atoms with Gasteiger partial charge in [-0.2, -0.15) is 0 Å². The minimum atomic E-state index is 0.734. The molecule has 0 radical (unpaired) electrons. The second kappa shape index (κ2) is 11.0. The van der Waals surface area contributed by atoms with Gasteiger partial charge in [-0.15, -0.1) is 0 Å². The first-order chi connectivity index (χ1) is 13.2. The van der Waals surface area contributed by atoms with Gasteiger partial charge in [0, 0.05) is 20.1 Å². The van der Waals surface area contributed by atoms with Crippen molar-refractivity contribution in [1.82, 2.24) is 10.6 Å². The van der Waals surface area contributed by atoms with Gasteiger partial charge in [0.25, 0.3) is 0 Å². The van der Waals surface area contributed by atoms with E-state index in [4.69, 9.17) is 14.2 Å². The van der Waals surface area contributed by atoms with Crippen molar-refractivity contribution in [3.8, 4) is 17.2 Å². The van der Waals surface area contributed by atoms with Gasteiger partial charge in [0.15, 0.2) is 5.96 Å². The number of hydrogen-bond donors (Lipinski definition) is 2. The highest BCUT2D eigenvalue weighted by molar-refractivity contribution is 5.79. The third kappa shape index (κ3) is 6.09. The van der Waals surface area contributed by atoms with Gasteiger partial charge in [-0.05, 0) is 48.2 Å². The lowest BCUT2D eigenvalue weighted by Gasteiger charge is -2.14. The molecule has 0 spiro atoms. The van der Waals surface area contributed by atoms with Crippen LogP contribution in [0.15, 0.2) is 47.5 Å². The minimum Gasteiger partial charge on any atom is -0.497 e. The molecule has 0 aliphatic rings. The second-order valence-electron chi connectivity index (χ2n) is 5.92. The molecule has 0 fully saturated rings. The third-order valence-corrected chi connectivity index (χ3v) is 4.28. The van der Waals surface area contributed by atoms with E-state index in [1.54, 1.807) is 28.4 Å². The maximum Gasteiger partial charge on any atom is 0.190 e. The van der Waals surface area contributed by atoms with Crippen LogP contribution in [0.3, 0.4) is 0 Å². The van der Waals surface area contributed by atoms with E-state index in [1.165, 1.54) is 5.56 Å². The number of rotatable bonds is 9. The summed E-state index contributed by atoms with van der Waals surface area (Å²) in [7, 11) is 6.80. The maximum atomic E-state index is 5.42. The zero-order valence-corrected chi connectivity index (χ0v) is 16.5. The number of hydrogen-bond acceptors (Lipinski definition) is 4. The van der Waals surface area contributed by atoms with E-state index in [-0.39, 0.29) is 0 Å². The molecule has 2 rings (SSSR count). The summed E-state index contributed by atoms with van der Waals surface area (Å²) in [6.45, 7) is 1.50. The van der Waals surface area contributed by atoms with E-state index in [0.717, 1.165) is 54.7 Å². The Hall–Kier alpha value is -2.89. The van der Waals surface area contributed by atoms with Crippen LogP contribution in [0.4, 0.5) is 0 Å². The zero-order valence-electron chi connectivity index (χ0n) is 16.5. The molecular weight excluding hydrogens is 342 g/mol. The van der Waals surface area contributed by atoms with Gasteiger partial charge >= 0.3 is 0 Å². The fourth-order valence-corrected chi connectivity index (χ4v) is 2.84. The van der Waals surface area contributed by atoms with E-state index in [1.807, 2.05) is 36.4 Å². The van der Waals surface area contributed by atoms with Crippen molar-refractivity contribution >= 4 is 5.96 Å². The fraction of sp³-hybridized carbons (Fsp3) is 0.381. The van der Waals surface area contributed by atoms with E-state index in [0.29, 0.717) is 0 Å². The van der Waals surface area contributed by atoms with Crippen LogP contribution in [0.25, 0.3) is 0 Å². The Kier molecular flexibility index (Phi) is 8.29. The van der Waals surface area contributed by atoms with Gasteiger partial charge in [-0.25, -0.2) is 0 Å². The van der Waals surface area contributed by atoms with Crippen LogP contribution >= 0.6 is 0 Å². The number of para-hydroxylation sites is 1. The summed E-state index contributed by atoms with van der Waals surface area (Å²) in [5.41, 5.74) is 2.26. The van der Waals surface area contributed by atoms with Gasteiger partial charge in [0.1, 0.15) is 17.2 Å². The summed E-state index contributed by atoms with van der Waals surface area (Å²) in [6, 6.07) is 13.9. The molecule has 6 nitrogen and oxygen atoms in total. The molecule has 0 aromatic heterocycles. The first-order valence-corrected chi connectivity index (χ1v) is 8.99. The van der Waals surface area contributed by atoms with Crippen molar-refractivity contribution in [3.05, 3.63) is 53.6 Å². The van der Waals surface area contributed by atoms with Crippen molar-refractivity contribution in [2.45, 2.75) is 12.8 Å². The number of methoxy groups -OCH3 is 3. The Morgan fingerprint density at radius 2 is 1.44 bits per heavy atom. The van der Waals surface area contributed by atoms with Crippen LogP contribution < -0.4 is 24.8 Å². The Labute approximate surface area is 161 Å². The van der Waals surface area contributed by atoms with E-state index < -0.39 is 0 Å². The molecule has 0 saturated carbocycles. The van der Waals surface area contributed by atoms with Gasteiger partial charge in [0.05, 0.1) is 21.3 Å². The molecule has 0 unspecified atom stereocenters. The second-order valence-corrected chi connectivity index (χ2v) is 5.92. The predicted molar refractivity (Wildman–Crippen MR) is 109 cm³/mol. The molecular formula is C21H29N3O3. The van der Waals surface area contributed by atoms with Crippen molar-refractivity contribution in [3.63, 3.8) is 0 Å². The average molecular weight is 371 g/mol.